The molecule has 1 saturated heterocycles. The number of hydroxylamine groups is 1. The summed E-state index contributed by atoms with van der Waals surface area (Å²) in [5, 5.41) is 11.8. The number of urea groups is 1. The molecule has 1 heterocycles. The highest BCUT2D eigenvalue weighted by atomic mass is 16.5. The number of nitrogens with one attached hydrogen (secondary N) is 2. The first-order valence-corrected chi connectivity index (χ1v) is 6.42. The van der Waals surface area contributed by atoms with Crippen molar-refractivity contribution < 1.29 is 14.8 Å². The number of amides is 3. The fourth-order valence-electron chi connectivity index (χ4n) is 2.36. The monoisotopic (exact) mass is 278 g/mol. The second-order valence-corrected chi connectivity index (χ2v) is 4.73. The Kier molecular flexibility index (Phi) is 4.54. The molecular weight excluding hydrogens is 260 g/mol. The minimum Gasteiger partial charge on any atom is -0.351 e. The molecule has 2 rings (SSSR count). The lowest BCUT2D eigenvalue weighted by molar-refractivity contribution is 0.0706. The van der Waals surface area contributed by atoms with Gasteiger partial charge in [-0.15, -0.1) is 0 Å². The highest BCUT2D eigenvalue weighted by Crippen LogP contribution is 2.12. The van der Waals surface area contributed by atoms with E-state index in [0.29, 0.717) is 25.1 Å². The van der Waals surface area contributed by atoms with Crippen LogP contribution in [-0.2, 0) is 6.42 Å². The zero-order chi connectivity index (χ0) is 14.5. The van der Waals surface area contributed by atoms with Crippen molar-refractivity contribution in [3.8, 4) is 0 Å². The van der Waals surface area contributed by atoms with Crippen LogP contribution in [0.5, 0.6) is 0 Å². The van der Waals surface area contributed by atoms with E-state index in [1.54, 1.807) is 34.6 Å². The average molecular weight is 278 g/mol. The number of hydrogen-bond acceptors (Lipinski definition) is 4. The van der Waals surface area contributed by atoms with Crippen LogP contribution < -0.4 is 16.5 Å². The average Bonchev–Trinajstić information content (AvgIpc) is 2.47. The van der Waals surface area contributed by atoms with Crippen molar-refractivity contribution in [3.63, 3.8) is 0 Å². The van der Waals surface area contributed by atoms with Gasteiger partial charge in [-0.05, 0) is 24.1 Å². The predicted molar refractivity (Wildman–Crippen MR) is 72.3 cm³/mol. The smallest absolute Gasteiger partial charge is 0.315 e. The molecule has 0 aliphatic carbocycles. The molecule has 1 aliphatic heterocycles. The summed E-state index contributed by atoms with van der Waals surface area (Å²) in [5.41, 5.74) is 8.34. The molecule has 5 N–H and O–H groups in total. The maximum absolute atomic E-state index is 11.4. The molecule has 7 heteroatoms. The first-order chi connectivity index (χ1) is 9.61. The van der Waals surface area contributed by atoms with Crippen LogP contribution in [0.15, 0.2) is 24.3 Å². The number of rotatable bonds is 3. The van der Waals surface area contributed by atoms with Crippen molar-refractivity contribution in [2.45, 2.75) is 12.5 Å². The number of nitrogens with two attached hydrogens (primary N) is 1. The molecule has 1 aliphatic rings. The normalized spacial score (nSPS) is 18.6. The van der Waals surface area contributed by atoms with Gasteiger partial charge in [-0.25, -0.2) is 10.3 Å². The fraction of sp³-hybridized carbons (Fsp3) is 0.385. The highest BCUT2D eigenvalue weighted by molar-refractivity contribution is 5.93. The van der Waals surface area contributed by atoms with Crippen molar-refractivity contribution in [1.82, 2.24) is 15.7 Å². The Morgan fingerprint density at radius 1 is 1.40 bits per heavy atom. The van der Waals surface area contributed by atoms with Crippen molar-refractivity contribution in [2.24, 2.45) is 5.73 Å². The van der Waals surface area contributed by atoms with Crippen LogP contribution in [0.1, 0.15) is 15.9 Å². The second-order valence-electron chi connectivity index (χ2n) is 4.73. The van der Waals surface area contributed by atoms with Crippen LogP contribution in [0.4, 0.5) is 4.79 Å². The third kappa shape index (κ3) is 3.25. The third-order valence-electron chi connectivity index (χ3n) is 3.42. The maximum atomic E-state index is 11.4. The number of piperazine rings is 1. The van der Waals surface area contributed by atoms with Crippen LogP contribution in [-0.4, -0.2) is 47.7 Å². The summed E-state index contributed by atoms with van der Waals surface area (Å²) >= 11 is 0. The minimum absolute atomic E-state index is 0.0127. The summed E-state index contributed by atoms with van der Waals surface area (Å²) in [7, 11) is 0. The number of hydrogen-bond donors (Lipinski definition) is 4. The number of carbonyl (C=O) groups excluding carboxylic acids is 2. The van der Waals surface area contributed by atoms with Gasteiger partial charge in [-0.3, -0.25) is 10.0 Å². The molecule has 0 bridgehead atoms. The molecule has 0 radical (unpaired) electrons. The zero-order valence-corrected chi connectivity index (χ0v) is 11.0. The van der Waals surface area contributed by atoms with Gasteiger partial charge in [0.15, 0.2) is 0 Å². The maximum Gasteiger partial charge on any atom is 0.315 e. The van der Waals surface area contributed by atoms with Gasteiger partial charge < -0.3 is 16.0 Å². The van der Waals surface area contributed by atoms with Gasteiger partial charge in [0.25, 0.3) is 5.91 Å². The Bertz CT molecular complexity index is 489. The SMILES string of the molecule is NC(=O)N1CCNCC1Cc1ccc(C(=O)NO)cc1. The lowest BCUT2D eigenvalue weighted by Gasteiger charge is -2.35. The first kappa shape index (κ1) is 14.3. The zero-order valence-electron chi connectivity index (χ0n) is 11.0. The number of nitrogens with zero attached hydrogens (tertiary/aromatic N) is 1. The Morgan fingerprint density at radius 3 is 2.70 bits per heavy atom. The summed E-state index contributed by atoms with van der Waals surface area (Å²) in [6.45, 7) is 2.04. The molecule has 0 aromatic heterocycles. The molecule has 1 fully saturated rings. The number of primary amides is 1. The predicted octanol–water partition coefficient (Wildman–Crippen LogP) is -0.299. The Labute approximate surface area is 116 Å². The van der Waals surface area contributed by atoms with Crippen molar-refractivity contribution in [3.05, 3.63) is 35.4 Å². The molecule has 1 unspecified atom stereocenters. The van der Waals surface area contributed by atoms with Crippen LogP contribution in [0.2, 0.25) is 0 Å². The van der Waals surface area contributed by atoms with Gasteiger partial charge in [0.2, 0.25) is 0 Å². The highest BCUT2D eigenvalue weighted by Gasteiger charge is 2.24. The summed E-state index contributed by atoms with van der Waals surface area (Å²) in [6, 6.07) is 6.47. The molecular formula is C13H18N4O3. The van der Waals surface area contributed by atoms with Crippen molar-refractivity contribution in [1.29, 1.82) is 0 Å². The first-order valence-electron chi connectivity index (χ1n) is 6.42. The van der Waals surface area contributed by atoms with Gasteiger partial charge >= 0.3 is 6.03 Å². The summed E-state index contributed by atoms with van der Waals surface area (Å²) in [5.74, 6) is -0.547. The van der Waals surface area contributed by atoms with E-state index in [4.69, 9.17) is 10.9 Å². The van der Waals surface area contributed by atoms with E-state index in [-0.39, 0.29) is 6.04 Å². The molecule has 108 valence electrons. The molecule has 1 aromatic rings. The molecule has 7 nitrogen and oxygen atoms in total. The summed E-state index contributed by atoms with van der Waals surface area (Å²) < 4.78 is 0. The Balaban J connectivity index is 2.05. The molecule has 20 heavy (non-hydrogen) atoms. The lowest BCUT2D eigenvalue weighted by atomic mass is 10.0. The van der Waals surface area contributed by atoms with E-state index >= 15 is 0 Å². The van der Waals surface area contributed by atoms with Gasteiger partial charge in [0.1, 0.15) is 0 Å². The number of benzene rings is 1. The Hall–Kier alpha value is -2.12. The van der Waals surface area contributed by atoms with Gasteiger partial charge in [0.05, 0.1) is 0 Å². The van der Waals surface area contributed by atoms with E-state index in [9.17, 15) is 9.59 Å². The van der Waals surface area contributed by atoms with E-state index < -0.39 is 11.9 Å². The summed E-state index contributed by atoms with van der Waals surface area (Å²) in [6.07, 6.45) is 0.664. The summed E-state index contributed by atoms with van der Waals surface area (Å²) in [4.78, 5) is 24.3. The standard InChI is InChI=1S/C13H18N4O3/c14-13(19)17-6-5-15-8-11(17)7-9-1-3-10(4-2-9)12(18)16-20/h1-4,11,15,20H,5-8H2,(H2,14,19)(H,16,18). The lowest BCUT2D eigenvalue weighted by Crippen LogP contribution is -2.56. The molecule has 1 atom stereocenters. The molecule has 3 amide bonds. The van der Waals surface area contributed by atoms with E-state index in [0.717, 1.165) is 12.1 Å². The van der Waals surface area contributed by atoms with Crippen LogP contribution in [0.25, 0.3) is 0 Å². The fourth-order valence-corrected chi connectivity index (χ4v) is 2.36. The van der Waals surface area contributed by atoms with Gasteiger partial charge in [-0.1, -0.05) is 12.1 Å². The molecule has 0 spiro atoms. The van der Waals surface area contributed by atoms with E-state index in [1.807, 2.05) is 0 Å². The molecule has 1 aromatic carbocycles. The van der Waals surface area contributed by atoms with Crippen LogP contribution >= 0.6 is 0 Å². The minimum atomic E-state index is -0.547. The van der Waals surface area contributed by atoms with Crippen molar-refractivity contribution in [2.75, 3.05) is 19.6 Å². The van der Waals surface area contributed by atoms with E-state index in [1.165, 1.54) is 0 Å². The molecule has 0 saturated carbocycles. The van der Waals surface area contributed by atoms with Crippen LogP contribution in [0.3, 0.4) is 0 Å². The van der Waals surface area contributed by atoms with E-state index in [2.05, 4.69) is 5.32 Å². The van der Waals surface area contributed by atoms with Crippen LogP contribution in [0, 0.1) is 0 Å². The second kappa shape index (κ2) is 6.36. The topological polar surface area (TPSA) is 108 Å². The Morgan fingerprint density at radius 2 is 2.10 bits per heavy atom. The third-order valence-corrected chi connectivity index (χ3v) is 3.42. The van der Waals surface area contributed by atoms with Gasteiger partial charge in [0, 0.05) is 31.2 Å². The van der Waals surface area contributed by atoms with Crippen molar-refractivity contribution >= 4 is 11.9 Å². The van der Waals surface area contributed by atoms with Gasteiger partial charge in [-0.2, -0.15) is 0 Å². The number of carbonyl (C=O) groups is 2. The largest absolute Gasteiger partial charge is 0.351 e. The quantitative estimate of drug-likeness (QED) is 0.450.